The number of carbonyl (C=O) groups is 1. The van der Waals surface area contributed by atoms with Crippen molar-refractivity contribution < 1.29 is 14.3 Å². The van der Waals surface area contributed by atoms with E-state index >= 15 is 0 Å². The zero-order chi connectivity index (χ0) is 10.9. The van der Waals surface area contributed by atoms with Gasteiger partial charge >= 0.3 is 5.97 Å². The lowest BCUT2D eigenvalue weighted by Gasteiger charge is -2.16. The highest BCUT2D eigenvalue weighted by molar-refractivity contribution is 5.90. The second-order valence-corrected chi connectivity index (χ2v) is 3.10. The summed E-state index contributed by atoms with van der Waals surface area (Å²) in [7, 11) is 3.27. The number of carboxylic acids is 1. The fraction of sp³-hybridized carbons (Fsp3) is 0.222. The summed E-state index contributed by atoms with van der Waals surface area (Å²) in [5, 5.41) is 8.63. The second kappa shape index (κ2) is 3.53. The summed E-state index contributed by atoms with van der Waals surface area (Å²) in [6.07, 6.45) is 0. The number of hydrogen-bond acceptors (Lipinski definition) is 3. The Kier molecular flexibility index (Phi) is 2.60. The van der Waals surface area contributed by atoms with E-state index in [-0.39, 0.29) is 16.9 Å². The molecule has 0 aliphatic carbocycles. The average molecular weight is 198 g/mol. The molecule has 0 unspecified atom stereocenters. The van der Waals surface area contributed by atoms with Crippen molar-refractivity contribution in [2.75, 3.05) is 24.7 Å². The summed E-state index contributed by atoms with van der Waals surface area (Å²) in [6, 6.07) is 2.19. The lowest BCUT2D eigenvalue weighted by atomic mass is 10.1. The molecule has 1 rings (SSSR count). The van der Waals surface area contributed by atoms with E-state index in [0.717, 1.165) is 6.07 Å². The Morgan fingerprint density at radius 1 is 1.50 bits per heavy atom. The van der Waals surface area contributed by atoms with Crippen molar-refractivity contribution in [2.24, 2.45) is 0 Å². The normalized spacial score (nSPS) is 9.93. The van der Waals surface area contributed by atoms with Crippen molar-refractivity contribution in [1.29, 1.82) is 0 Å². The summed E-state index contributed by atoms with van der Waals surface area (Å²) in [6.45, 7) is 0. The molecule has 0 spiro atoms. The van der Waals surface area contributed by atoms with Crippen molar-refractivity contribution in [1.82, 2.24) is 0 Å². The maximum atomic E-state index is 13.3. The number of rotatable bonds is 2. The van der Waals surface area contributed by atoms with Gasteiger partial charge in [-0.05, 0) is 12.1 Å². The lowest BCUT2D eigenvalue weighted by Crippen LogP contribution is -2.14. The first kappa shape index (κ1) is 10.3. The number of nitrogen functional groups attached to an aromatic ring is 1. The summed E-state index contributed by atoms with van der Waals surface area (Å²) in [4.78, 5) is 12.0. The van der Waals surface area contributed by atoms with Gasteiger partial charge in [0, 0.05) is 14.1 Å². The van der Waals surface area contributed by atoms with Gasteiger partial charge in [-0.3, -0.25) is 0 Å². The van der Waals surface area contributed by atoms with Crippen LogP contribution < -0.4 is 10.6 Å². The molecule has 76 valence electrons. The zero-order valence-corrected chi connectivity index (χ0v) is 7.91. The number of benzene rings is 1. The third-order valence-electron chi connectivity index (χ3n) is 1.79. The van der Waals surface area contributed by atoms with Crippen LogP contribution in [0, 0.1) is 5.82 Å². The van der Waals surface area contributed by atoms with Gasteiger partial charge in [-0.25, -0.2) is 9.18 Å². The molecule has 0 atom stereocenters. The molecule has 0 aromatic heterocycles. The predicted molar refractivity (Wildman–Crippen MR) is 52.1 cm³/mol. The lowest BCUT2D eigenvalue weighted by molar-refractivity contribution is 0.0696. The number of nitrogens with zero attached hydrogens (tertiary/aromatic N) is 1. The highest BCUT2D eigenvalue weighted by atomic mass is 19.1. The van der Waals surface area contributed by atoms with Gasteiger partial charge in [0.2, 0.25) is 0 Å². The first-order valence-electron chi connectivity index (χ1n) is 3.93. The Balaban J connectivity index is 3.32. The van der Waals surface area contributed by atoms with Crippen LogP contribution in [0.2, 0.25) is 0 Å². The number of anilines is 2. The minimum absolute atomic E-state index is 0.118. The smallest absolute Gasteiger partial charge is 0.335 e. The molecular weight excluding hydrogens is 187 g/mol. The maximum Gasteiger partial charge on any atom is 0.335 e. The van der Waals surface area contributed by atoms with E-state index in [9.17, 15) is 9.18 Å². The molecule has 5 heteroatoms. The summed E-state index contributed by atoms with van der Waals surface area (Å²) < 4.78 is 13.3. The monoisotopic (exact) mass is 198 g/mol. The molecule has 4 nitrogen and oxygen atoms in total. The fourth-order valence-electron chi connectivity index (χ4n) is 1.22. The topological polar surface area (TPSA) is 66.6 Å². The van der Waals surface area contributed by atoms with E-state index < -0.39 is 11.8 Å². The largest absolute Gasteiger partial charge is 0.478 e. The standard InChI is InChI=1S/C9H11FN2O2/c1-12(2)8-6(10)3-5(9(13)14)4-7(8)11/h3-4H,11H2,1-2H3,(H,13,14). The Morgan fingerprint density at radius 3 is 2.43 bits per heavy atom. The molecule has 0 radical (unpaired) electrons. The van der Waals surface area contributed by atoms with Crippen LogP contribution >= 0.6 is 0 Å². The molecule has 0 saturated carbocycles. The van der Waals surface area contributed by atoms with Gasteiger partial charge in [0.05, 0.1) is 16.9 Å². The number of hydrogen-bond donors (Lipinski definition) is 2. The summed E-state index contributed by atoms with van der Waals surface area (Å²) in [5.41, 5.74) is 5.69. The van der Waals surface area contributed by atoms with E-state index in [2.05, 4.69) is 0 Å². The van der Waals surface area contributed by atoms with Crippen LogP contribution in [-0.4, -0.2) is 25.2 Å². The van der Waals surface area contributed by atoms with E-state index in [0.29, 0.717) is 0 Å². The average Bonchev–Trinajstić information content (AvgIpc) is 2.01. The first-order valence-corrected chi connectivity index (χ1v) is 3.93. The molecular formula is C9H11FN2O2. The third kappa shape index (κ3) is 1.76. The van der Waals surface area contributed by atoms with Crippen molar-refractivity contribution in [2.45, 2.75) is 0 Å². The Labute approximate surface area is 80.7 Å². The Bertz CT molecular complexity index is 354. The van der Waals surface area contributed by atoms with Gasteiger partial charge in [0.1, 0.15) is 5.82 Å². The molecule has 0 bridgehead atoms. The van der Waals surface area contributed by atoms with E-state index in [1.165, 1.54) is 11.0 Å². The Hall–Kier alpha value is -1.78. The fourth-order valence-corrected chi connectivity index (χ4v) is 1.22. The van der Waals surface area contributed by atoms with Crippen LogP contribution in [0.5, 0.6) is 0 Å². The van der Waals surface area contributed by atoms with Crippen molar-refractivity contribution in [3.05, 3.63) is 23.5 Å². The highest BCUT2D eigenvalue weighted by Gasteiger charge is 2.13. The third-order valence-corrected chi connectivity index (χ3v) is 1.79. The summed E-state index contributed by atoms with van der Waals surface area (Å²) >= 11 is 0. The van der Waals surface area contributed by atoms with Crippen LogP contribution in [-0.2, 0) is 0 Å². The van der Waals surface area contributed by atoms with Crippen LogP contribution in [0.15, 0.2) is 12.1 Å². The summed E-state index contributed by atoms with van der Waals surface area (Å²) in [5.74, 6) is -1.83. The number of aromatic carboxylic acids is 1. The SMILES string of the molecule is CN(C)c1c(N)cc(C(=O)O)cc1F. The minimum Gasteiger partial charge on any atom is -0.478 e. The second-order valence-electron chi connectivity index (χ2n) is 3.10. The van der Waals surface area contributed by atoms with Crippen molar-refractivity contribution in [3.8, 4) is 0 Å². The number of carboxylic acid groups (broad SMARTS) is 1. The van der Waals surface area contributed by atoms with E-state index in [1.54, 1.807) is 14.1 Å². The number of halogens is 1. The quantitative estimate of drug-likeness (QED) is 0.700. The van der Waals surface area contributed by atoms with Crippen LogP contribution in [0.25, 0.3) is 0 Å². The molecule has 0 saturated heterocycles. The molecule has 0 aliphatic rings. The van der Waals surface area contributed by atoms with Crippen LogP contribution in [0.4, 0.5) is 15.8 Å². The predicted octanol–water partition coefficient (Wildman–Crippen LogP) is 1.17. The molecule has 1 aromatic carbocycles. The molecule has 14 heavy (non-hydrogen) atoms. The van der Waals surface area contributed by atoms with Crippen LogP contribution in [0.3, 0.4) is 0 Å². The maximum absolute atomic E-state index is 13.3. The van der Waals surface area contributed by atoms with Gasteiger partial charge in [-0.15, -0.1) is 0 Å². The molecule has 0 heterocycles. The molecule has 3 N–H and O–H groups in total. The van der Waals surface area contributed by atoms with Gasteiger partial charge in [0.15, 0.2) is 0 Å². The van der Waals surface area contributed by atoms with E-state index in [4.69, 9.17) is 10.8 Å². The van der Waals surface area contributed by atoms with Gasteiger partial charge in [-0.2, -0.15) is 0 Å². The Morgan fingerprint density at radius 2 is 2.07 bits per heavy atom. The van der Waals surface area contributed by atoms with Gasteiger partial charge in [-0.1, -0.05) is 0 Å². The van der Waals surface area contributed by atoms with Crippen molar-refractivity contribution in [3.63, 3.8) is 0 Å². The van der Waals surface area contributed by atoms with Gasteiger partial charge < -0.3 is 15.7 Å². The zero-order valence-electron chi connectivity index (χ0n) is 7.91. The van der Waals surface area contributed by atoms with Gasteiger partial charge in [0.25, 0.3) is 0 Å². The molecule has 0 fully saturated rings. The van der Waals surface area contributed by atoms with E-state index in [1.807, 2.05) is 0 Å². The molecule has 1 aromatic rings. The van der Waals surface area contributed by atoms with Crippen molar-refractivity contribution >= 4 is 17.3 Å². The molecule has 0 amide bonds. The first-order chi connectivity index (χ1) is 6.43. The minimum atomic E-state index is -1.19. The molecule has 0 aliphatic heterocycles. The number of nitrogens with two attached hydrogens (primary N) is 1. The highest BCUT2D eigenvalue weighted by Crippen LogP contribution is 2.26. The van der Waals surface area contributed by atoms with Crippen LogP contribution in [0.1, 0.15) is 10.4 Å².